The summed E-state index contributed by atoms with van der Waals surface area (Å²) in [6, 6.07) is 5.31. The van der Waals surface area contributed by atoms with Crippen LogP contribution in [0.4, 0.5) is 30.5 Å². The van der Waals surface area contributed by atoms with Crippen molar-refractivity contribution in [1.29, 1.82) is 0 Å². The van der Waals surface area contributed by atoms with E-state index in [4.69, 9.17) is 4.74 Å². The van der Waals surface area contributed by atoms with Gasteiger partial charge in [0.2, 0.25) is 11.8 Å². The lowest BCUT2D eigenvalue weighted by atomic mass is 10.3. The molecule has 0 unspecified atom stereocenters. The molecule has 0 aliphatic carbocycles. The van der Waals surface area contributed by atoms with Crippen LogP contribution in [0.15, 0.2) is 30.5 Å². The molecule has 0 radical (unpaired) electrons. The molecule has 0 atom stereocenters. The second-order valence-electron chi connectivity index (χ2n) is 5.04. The third-order valence-corrected chi connectivity index (χ3v) is 3.13. The number of aromatic nitrogens is 2. The van der Waals surface area contributed by atoms with E-state index in [0.717, 1.165) is 6.42 Å². The molecule has 7 nitrogen and oxygen atoms in total. The van der Waals surface area contributed by atoms with Gasteiger partial charge in [-0.1, -0.05) is 13.3 Å². The van der Waals surface area contributed by atoms with Crippen LogP contribution < -0.4 is 10.1 Å². The fraction of sp³-hybridized carbons (Fsp3) is 0.333. The van der Waals surface area contributed by atoms with E-state index in [1.165, 1.54) is 24.3 Å². The van der Waals surface area contributed by atoms with Gasteiger partial charge in [0.15, 0.2) is 0 Å². The number of halogens is 3. The van der Waals surface area contributed by atoms with Gasteiger partial charge >= 0.3 is 6.18 Å². The van der Waals surface area contributed by atoms with E-state index in [2.05, 4.69) is 15.3 Å². The van der Waals surface area contributed by atoms with E-state index in [9.17, 15) is 23.3 Å². The minimum Gasteiger partial charge on any atom is -0.477 e. The van der Waals surface area contributed by atoms with Gasteiger partial charge in [-0.2, -0.15) is 18.2 Å². The summed E-state index contributed by atoms with van der Waals surface area (Å²) in [5, 5.41) is 13.3. The first-order valence-corrected chi connectivity index (χ1v) is 7.39. The van der Waals surface area contributed by atoms with Crippen LogP contribution in [-0.2, 0) is 6.18 Å². The lowest BCUT2D eigenvalue weighted by Gasteiger charge is -2.14. The number of rotatable bonds is 7. The zero-order chi connectivity index (χ0) is 18.4. The minimum absolute atomic E-state index is 0.103. The van der Waals surface area contributed by atoms with Crippen LogP contribution in [-0.4, -0.2) is 21.5 Å². The molecular weight excluding hydrogens is 341 g/mol. The number of anilines is 2. The number of hydrogen-bond donors (Lipinski definition) is 1. The van der Waals surface area contributed by atoms with Crippen molar-refractivity contribution in [2.75, 3.05) is 11.9 Å². The lowest BCUT2D eigenvalue weighted by Crippen LogP contribution is -2.13. The number of non-ortho nitro benzene ring substituents is 1. The molecule has 0 aliphatic rings. The van der Waals surface area contributed by atoms with Gasteiger partial charge in [0.25, 0.3) is 5.69 Å². The number of nitro groups is 1. The van der Waals surface area contributed by atoms with Gasteiger partial charge in [-0.15, -0.1) is 0 Å². The SMILES string of the molecule is CCCCOc1nc(Nc2ccc([N+](=O)[O-])cc2)ncc1C(F)(F)F. The second-order valence-corrected chi connectivity index (χ2v) is 5.04. The van der Waals surface area contributed by atoms with E-state index in [1.54, 1.807) is 0 Å². The standard InChI is InChI=1S/C15H15F3N4O3/c1-2-3-8-25-13-12(15(16,17)18)9-19-14(21-13)20-10-4-6-11(7-5-10)22(23)24/h4-7,9H,2-3,8H2,1H3,(H,19,20,21). The highest BCUT2D eigenvalue weighted by molar-refractivity contribution is 5.56. The van der Waals surface area contributed by atoms with Crippen LogP contribution in [0.2, 0.25) is 0 Å². The second kappa shape index (κ2) is 7.77. The Labute approximate surface area is 141 Å². The quantitative estimate of drug-likeness (QED) is 0.451. The average Bonchev–Trinajstić information content (AvgIpc) is 2.55. The molecule has 1 aromatic heterocycles. The van der Waals surface area contributed by atoms with Crippen molar-refractivity contribution in [1.82, 2.24) is 9.97 Å². The molecule has 134 valence electrons. The topological polar surface area (TPSA) is 90.2 Å². The van der Waals surface area contributed by atoms with Gasteiger partial charge in [0.05, 0.1) is 11.5 Å². The molecule has 25 heavy (non-hydrogen) atoms. The molecule has 0 spiro atoms. The van der Waals surface area contributed by atoms with Crippen molar-refractivity contribution in [3.05, 3.63) is 46.1 Å². The van der Waals surface area contributed by atoms with Crippen molar-refractivity contribution < 1.29 is 22.8 Å². The predicted octanol–water partition coefficient (Wildman–Crippen LogP) is 4.33. The number of nitrogens with zero attached hydrogens (tertiary/aromatic N) is 3. The number of unbranched alkanes of at least 4 members (excludes halogenated alkanes) is 1. The minimum atomic E-state index is -4.63. The molecule has 0 aliphatic heterocycles. The van der Waals surface area contributed by atoms with E-state index < -0.39 is 22.5 Å². The molecule has 0 saturated carbocycles. The highest BCUT2D eigenvalue weighted by atomic mass is 19.4. The average molecular weight is 356 g/mol. The summed E-state index contributed by atoms with van der Waals surface area (Å²) in [4.78, 5) is 17.4. The lowest BCUT2D eigenvalue weighted by molar-refractivity contribution is -0.384. The molecule has 2 rings (SSSR count). The van der Waals surface area contributed by atoms with E-state index in [1.807, 2.05) is 6.92 Å². The van der Waals surface area contributed by atoms with Crippen molar-refractivity contribution in [3.8, 4) is 5.88 Å². The van der Waals surface area contributed by atoms with Gasteiger partial charge < -0.3 is 10.1 Å². The maximum atomic E-state index is 13.0. The Bertz CT molecular complexity index is 736. The Morgan fingerprint density at radius 2 is 1.96 bits per heavy atom. The third-order valence-electron chi connectivity index (χ3n) is 3.13. The molecular formula is C15H15F3N4O3. The molecule has 1 aromatic carbocycles. The smallest absolute Gasteiger partial charge is 0.423 e. The van der Waals surface area contributed by atoms with Gasteiger partial charge in [-0.3, -0.25) is 10.1 Å². The maximum absolute atomic E-state index is 13.0. The number of hydrogen-bond acceptors (Lipinski definition) is 6. The van der Waals surface area contributed by atoms with Gasteiger partial charge in [-0.05, 0) is 18.6 Å². The summed E-state index contributed by atoms with van der Waals surface area (Å²) < 4.78 is 44.1. The van der Waals surface area contributed by atoms with Crippen LogP contribution >= 0.6 is 0 Å². The van der Waals surface area contributed by atoms with Crippen molar-refractivity contribution in [2.45, 2.75) is 25.9 Å². The molecule has 1 heterocycles. The van der Waals surface area contributed by atoms with Crippen LogP contribution in [0.1, 0.15) is 25.3 Å². The fourth-order valence-electron chi connectivity index (χ4n) is 1.84. The molecule has 0 saturated heterocycles. The summed E-state index contributed by atoms with van der Waals surface area (Å²) in [6.07, 6.45) is -2.64. The number of benzene rings is 1. The molecule has 0 bridgehead atoms. The van der Waals surface area contributed by atoms with Gasteiger partial charge in [0, 0.05) is 24.0 Å². The zero-order valence-electron chi connectivity index (χ0n) is 13.2. The van der Waals surface area contributed by atoms with Crippen molar-refractivity contribution in [3.63, 3.8) is 0 Å². The highest BCUT2D eigenvalue weighted by Gasteiger charge is 2.36. The van der Waals surface area contributed by atoms with Gasteiger partial charge in [0.1, 0.15) is 5.56 Å². The fourth-order valence-corrected chi connectivity index (χ4v) is 1.84. The van der Waals surface area contributed by atoms with E-state index >= 15 is 0 Å². The predicted molar refractivity (Wildman–Crippen MR) is 83.8 cm³/mol. The molecule has 2 aromatic rings. The number of nitrogens with one attached hydrogen (secondary N) is 1. The van der Waals surface area contributed by atoms with Gasteiger partial charge in [-0.25, -0.2) is 4.98 Å². The Balaban J connectivity index is 2.22. The summed E-state index contributed by atoms with van der Waals surface area (Å²) in [5.41, 5.74) is -0.773. The van der Waals surface area contributed by atoms with Crippen LogP contribution in [0, 0.1) is 10.1 Å². The summed E-state index contributed by atoms with van der Waals surface area (Å²) in [7, 11) is 0. The third kappa shape index (κ3) is 5.03. The van der Waals surface area contributed by atoms with Crippen LogP contribution in [0.3, 0.4) is 0 Å². The number of nitro benzene ring substituents is 1. The highest BCUT2D eigenvalue weighted by Crippen LogP contribution is 2.35. The monoisotopic (exact) mass is 356 g/mol. The largest absolute Gasteiger partial charge is 0.477 e. The molecule has 1 N–H and O–H groups in total. The first-order valence-electron chi connectivity index (χ1n) is 7.39. The number of ether oxygens (including phenoxy) is 1. The van der Waals surface area contributed by atoms with Crippen molar-refractivity contribution >= 4 is 17.3 Å². The summed E-state index contributed by atoms with van der Waals surface area (Å²) in [6.45, 7) is 1.99. The van der Waals surface area contributed by atoms with E-state index in [0.29, 0.717) is 18.3 Å². The Morgan fingerprint density at radius 3 is 2.52 bits per heavy atom. The molecule has 10 heteroatoms. The number of alkyl halides is 3. The van der Waals surface area contributed by atoms with Crippen LogP contribution in [0.5, 0.6) is 5.88 Å². The zero-order valence-corrected chi connectivity index (χ0v) is 13.2. The Morgan fingerprint density at radius 1 is 1.28 bits per heavy atom. The maximum Gasteiger partial charge on any atom is 0.423 e. The summed E-state index contributed by atoms with van der Waals surface area (Å²) in [5.74, 6) is -0.659. The first kappa shape index (κ1) is 18.4. The Hall–Kier alpha value is -2.91. The summed E-state index contributed by atoms with van der Waals surface area (Å²) >= 11 is 0. The molecule has 0 amide bonds. The van der Waals surface area contributed by atoms with E-state index in [-0.39, 0.29) is 18.2 Å². The first-order chi connectivity index (χ1) is 11.8. The molecule has 0 fully saturated rings. The normalized spacial score (nSPS) is 11.2. The van der Waals surface area contributed by atoms with Crippen molar-refractivity contribution in [2.24, 2.45) is 0 Å². The van der Waals surface area contributed by atoms with Crippen LogP contribution in [0.25, 0.3) is 0 Å². The Kier molecular flexibility index (Phi) is 5.73.